The molecule has 2 aliphatic rings. The second-order valence-corrected chi connectivity index (χ2v) is 6.90. The maximum atomic E-state index is 13.4. The van der Waals surface area contributed by atoms with Gasteiger partial charge >= 0.3 is 6.61 Å². The number of hydrogen-bond acceptors (Lipinski definition) is 4. The molecule has 1 heterocycles. The Bertz CT molecular complexity index is 947. The van der Waals surface area contributed by atoms with Crippen LogP contribution in [-0.4, -0.2) is 24.5 Å². The van der Waals surface area contributed by atoms with E-state index in [0.29, 0.717) is 24.1 Å². The fourth-order valence-corrected chi connectivity index (χ4v) is 3.43. The molecule has 2 N–H and O–H groups in total. The molecule has 29 heavy (non-hydrogen) atoms. The van der Waals surface area contributed by atoms with Crippen LogP contribution in [0.25, 0.3) is 0 Å². The first-order valence-electron chi connectivity index (χ1n) is 9.02. The summed E-state index contributed by atoms with van der Waals surface area (Å²) in [4.78, 5) is 24.6. The number of carbonyl (C=O) groups is 2. The van der Waals surface area contributed by atoms with Crippen molar-refractivity contribution in [3.05, 3.63) is 53.8 Å². The van der Waals surface area contributed by atoms with Crippen molar-refractivity contribution in [3.8, 4) is 11.5 Å². The zero-order valence-corrected chi connectivity index (χ0v) is 15.0. The molecule has 2 amide bonds. The number of benzene rings is 2. The van der Waals surface area contributed by atoms with Crippen molar-refractivity contribution in [1.82, 2.24) is 5.32 Å². The normalized spacial score (nSPS) is 22.5. The highest BCUT2D eigenvalue weighted by Gasteiger charge is 2.40. The molecule has 9 heteroatoms. The molecule has 6 nitrogen and oxygen atoms in total. The molecule has 152 valence electrons. The van der Waals surface area contributed by atoms with Crippen LogP contribution in [0.2, 0.25) is 0 Å². The highest BCUT2D eigenvalue weighted by Crippen LogP contribution is 2.37. The number of carbonyl (C=O) groups excluding carboxylic acids is 2. The molecule has 4 rings (SSSR count). The summed E-state index contributed by atoms with van der Waals surface area (Å²) in [6.07, 6.45) is 0.177. The summed E-state index contributed by atoms with van der Waals surface area (Å²) in [5, 5.41) is 5.43. The number of ether oxygens (including phenoxy) is 2. The molecule has 0 saturated heterocycles. The molecule has 1 saturated carbocycles. The fourth-order valence-electron chi connectivity index (χ4n) is 3.43. The van der Waals surface area contributed by atoms with Crippen molar-refractivity contribution in [2.75, 3.05) is 5.32 Å². The van der Waals surface area contributed by atoms with E-state index in [9.17, 15) is 22.8 Å². The zero-order chi connectivity index (χ0) is 20.5. The van der Waals surface area contributed by atoms with Gasteiger partial charge in [0.25, 0.3) is 5.91 Å². The standard InChI is InChI=1S/C20H17F3N2O4/c21-11-5-6-15(29-20(22)23)16(9-11)28-12-7-10(8-12)18(26)25-17-13-3-1-2-4-14(13)24-19(17)27/h1-6,9-10,12,17,20H,7-8H2,(H,24,27)(H,25,26)/t10-,12-,17?. The number of fused-ring (bicyclic) bond motifs is 1. The largest absolute Gasteiger partial charge is 0.486 e. The molecule has 1 atom stereocenters. The van der Waals surface area contributed by atoms with Gasteiger partial charge in [0.1, 0.15) is 18.0 Å². The van der Waals surface area contributed by atoms with Crippen LogP contribution in [0.3, 0.4) is 0 Å². The van der Waals surface area contributed by atoms with Crippen LogP contribution in [0, 0.1) is 11.7 Å². The minimum atomic E-state index is -3.07. The van der Waals surface area contributed by atoms with Gasteiger partial charge in [-0.05, 0) is 31.0 Å². The van der Waals surface area contributed by atoms with Crippen LogP contribution in [0.1, 0.15) is 24.4 Å². The van der Waals surface area contributed by atoms with E-state index in [1.165, 1.54) is 0 Å². The van der Waals surface area contributed by atoms with Crippen LogP contribution < -0.4 is 20.1 Å². The number of halogens is 3. The number of alkyl halides is 2. The Labute approximate surface area is 164 Å². The van der Waals surface area contributed by atoms with Crippen LogP contribution in [-0.2, 0) is 9.59 Å². The Kier molecular flexibility index (Phi) is 5.04. The van der Waals surface area contributed by atoms with Gasteiger partial charge in [-0.25, -0.2) is 4.39 Å². The molecular weight excluding hydrogens is 389 g/mol. The lowest BCUT2D eigenvalue weighted by Crippen LogP contribution is -2.45. The van der Waals surface area contributed by atoms with Gasteiger partial charge in [0, 0.05) is 23.2 Å². The van der Waals surface area contributed by atoms with E-state index in [4.69, 9.17) is 4.74 Å². The minimum absolute atomic E-state index is 0.141. The predicted molar refractivity (Wildman–Crippen MR) is 96.1 cm³/mol. The first-order chi connectivity index (χ1) is 13.9. The number of nitrogens with one attached hydrogen (secondary N) is 2. The maximum absolute atomic E-state index is 13.4. The molecule has 0 bridgehead atoms. The highest BCUT2D eigenvalue weighted by molar-refractivity contribution is 6.04. The maximum Gasteiger partial charge on any atom is 0.387 e. The summed E-state index contributed by atoms with van der Waals surface area (Å²) in [5.41, 5.74) is 1.36. The molecule has 1 aliphatic carbocycles. The fraction of sp³-hybridized carbons (Fsp3) is 0.300. The molecule has 1 aliphatic heterocycles. The van der Waals surface area contributed by atoms with Crippen molar-refractivity contribution in [2.45, 2.75) is 31.6 Å². The predicted octanol–water partition coefficient (Wildman–Crippen LogP) is 3.39. The van der Waals surface area contributed by atoms with Gasteiger partial charge < -0.3 is 20.1 Å². The van der Waals surface area contributed by atoms with Crippen molar-refractivity contribution in [3.63, 3.8) is 0 Å². The van der Waals surface area contributed by atoms with Gasteiger partial charge in [-0.2, -0.15) is 8.78 Å². The van der Waals surface area contributed by atoms with E-state index in [1.54, 1.807) is 24.3 Å². The molecule has 0 radical (unpaired) electrons. The van der Waals surface area contributed by atoms with Gasteiger partial charge in [-0.15, -0.1) is 0 Å². The Morgan fingerprint density at radius 1 is 1.14 bits per heavy atom. The molecule has 1 unspecified atom stereocenters. The number of anilines is 1. The Balaban J connectivity index is 1.34. The zero-order valence-electron chi connectivity index (χ0n) is 15.0. The van der Waals surface area contributed by atoms with Crippen molar-refractivity contribution >= 4 is 17.5 Å². The van der Waals surface area contributed by atoms with Gasteiger partial charge in [0.2, 0.25) is 5.91 Å². The van der Waals surface area contributed by atoms with Crippen LogP contribution in [0.4, 0.5) is 18.9 Å². The van der Waals surface area contributed by atoms with Gasteiger partial charge in [-0.1, -0.05) is 18.2 Å². The van der Waals surface area contributed by atoms with Gasteiger partial charge in [0.15, 0.2) is 11.5 Å². The first-order valence-corrected chi connectivity index (χ1v) is 9.02. The SMILES string of the molecule is O=C1Nc2ccccc2C1NC(=O)[C@H]1C[C@H](Oc2cc(F)ccc2OC(F)F)C1. The Morgan fingerprint density at radius 3 is 2.66 bits per heavy atom. The monoisotopic (exact) mass is 406 g/mol. The summed E-state index contributed by atoms with van der Waals surface area (Å²) >= 11 is 0. The van der Waals surface area contributed by atoms with Gasteiger partial charge in [0.05, 0.1) is 0 Å². The molecule has 2 aromatic carbocycles. The van der Waals surface area contributed by atoms with E-state index in [0.717, 1.165) is 18.2 Å². The average Bonchev–Trinajstić information content (AvgIpc) is 2.95. The summed E-state index contributed by atoms with van der Waals surface area (Å²) in [5.74, 6) is -2.06. The topological polar surface area (TPSA) is 76.7 Å². The smallest absolute Gasteiger partial charge is 0.387 e. The summed E-state index contributed by atoms with van der Waals surface area (Å²) in [6.45, 7) is -3.07. The van der Waals surface area contributed by atoms with E-state index in [-0.39, 0.29) is 23.3 Å². The number of amides is 2. The van der Waals surface area contributed by atoms with Crippen LogP contribution in [0.15, 0.2) is 42.5 Å². The molecule has 0 spiro atoms. The van der Waals surface area contributed by atoms with Crippen LogP contribution >= 0.6 is 0 Å². The molecule has 2 aromatic rings. The summed E-state index contributed by atoms with van der Waals surface area (Å²) < 4.78 is 48.2. The van der Waals surface area contributed by atoms with E-state index in [2.05, 4.69) is 15.4 Å². The quantitative estimate of drug-likeness (QED) is 0.771. The van der Waals surface area contributed by atoms with Crippen LogP contribution in [0.5, 0.6) is 11.5 Å². The second-order valence-electron chi connectivity index (χ2n) is 6.90. The molecule has 1 fully saturated rings. The summed E-state index contributed by atoms with van der Waals surface area (Å²) in [6, 6.07) is 9.35. The first kappa shape index (κ1) is 19.1. The summed E-state index contributed by atoms with van der Waals surface area (Å²) in [7, 11) is 0. The number of hydrogen-bond donors (Lipinski definition) is 2. The van der Waals surface area contributed by atoms with E-state index >= 15 is 0 Å². The third-order valence-corrected chi connectivity index (χ3v) is 4.96. The van der Waals surface area contributed by atoms with E-state index in [1.807, 2.05) is 0 Å². The Hall–Kier alpha value is -3.23. The second kappa shape index (κ2) is 7.65. The molecular formula is C20H17F3N2O4. The Morgan fingerprint density at radius 2 is 1.90 bits per heavy atom. The minimum Gasteiger partial charge on any atom is -0.486 e. The number of para-hydroxylation sites is 1. The average molecular weight is 406 g/mol. The lowest BCUT2D eigenvalue weighted by molar-refractivity contribution is -0.133. The number of rotatable bonds is 6. The van der Waals surface area contributed by atoms with Gasteiger partial charge in [-0.3, -0.25) is 9.59 Å². The lowest BCUT2D eigenvalue weighted by atomic mass is 9.81. The lowest BCUT2D eigenvalue weighted by Gasteiger charge is -2.35. The van der Waals surface area contributed by atoms with Crippen molar-refractivity contribution < 1.29 is 32.2 Å². The van der Waals surface area contributed by atoms with Crippen molar-refractivity contribution in [2.24, 2.45) is 5.92 Å². The molecule has 0 aromatic heterocycles. The van der Waals surface area contributed by atoms with E-state index < -0.39 is 30.5 Å². The third kappa shape index (κ3) is 3.98. The third-order valence-electron chi connectivity index (χ3n) is 4.96. The highest BCUT2D eigenvalue weighted by atomic mass is 19.3. The van der Waals surface area contributed by atoms with Crippen molar-refractivity contribution in [1.29, 1.82) is 0 Å².